The summed E-state index contributed by atoms with van der Waals surface area (Å²) in [5, 5.41) is 3.57. The van der Waals surface area contributed by atoms with E-state index < -0.39 is 7.92 Å². The molecule has 152 valence electrons. The molecule has 6 heterocycles. The van der Waals surface area contributed by atoms with Crippen LogP contribution in [0.15, 0.2) is 23.1 Å². The van der Waals surface area contributed by atoms with Gasteiger partial charge in [-0.1, -0.05) is 6.07 Å². The molecule has 2 bridgehead atoms. The Morgan fingerprint density at radius 3 is 2.76 bits per heavy atom. The molecule has 2 atom stereocenters. The number of fused-ring (bicyclic) bond motifs is 4. The van der Waals surface area contributed by atoms with E-state index in [1.54, 1.807) is 4.57 Å². The highest BCUT2D eigenvalue weighted by atomic mass is 31.1. The highest BCUT2D eigenvalue weighted by Crippen LogP contribution is 2.27. The van der Waals surface area contributed by atoms with Crippen molar-refractivity contribution in [3.63, 3.8) is 0 Å². The van der Waals surface area contributed by atoms with Crippen molar-refractivity contribution >= 4 is 36.3 Å². The van der Waals surface area contributed by atoms with Gasteiger partial charge < -0.3 is 20.9 Å². The Kier molecular flexibility index (Phi) is 4.52. The minimum atomic E-state index is -0.516. The van der Waals surface area contributed by atoms with Gasteiger partial charge in [0, 0.05) is 31.4 Å². The molecule has 3 saturated heterocycles. The van der Waals surface area contributed by atoms with Crippen molar-refractivity contribution in [3.05, 3.63) is 34.4 Å². The van der Waals surface area contributed by atoms with Crippen LogP contribution >= 0.6 is 7.92 Å². The normalized spacial score (nSPS) is 21.4. The quantitative estimate of drug-likeness (QED) is 0.533. The van der Waals surface area contributed by atoms with Crippen molar-refractivity contribution in [3.8, 4) is 0 Å². The van der Waals surface area contributed by atoms with Crippen molar-refractivity contribution in [2.75, 3.05) is 37.1 Å². The Hall–Kier alpha value is -2.51. The van der Waals surface area contributed by atoms with E-state index in [9.17, 15) is 4.79 Å². The van der Waals surface area contributed by atoms with Gasteiger partial charge in [-0.2, -0.15) is 0 Å². The Balaban J connectivity index is 1.44. The zero-order valence-electron chi connectivity index (χ0n) is 16.6. The highest BCUT2D eigenvalue weighted by molar-refractivity contribution is 7.63. The van der Waals surface area contributed by atoms with Crippen LogP contribution in [0.2, 0.25) is 0 Å². The van der Waals surface area contributed by atoms with Crippen LogP contribution in [0.4, 0.5) is 11.6 Å². The van der Waals surface area contributed by atoms with Crippen LogP contribution in [0, 0.1) is 0 Å². The third-order valence-electron chi connectivity index (χ3n) is 5.83. The Labute approximate surface area is 169 Å². The van der Waals surface area contributed by atoms with E-state index in [1.807, 2.05) is 12.3 Å². The van der Waals surface area contributed by atoms with Crippen LogP contribution < -0.4 is 27.2 Å². The van der Waals surface area contributed by atoms with Gasteiger partial charge in [0.05, 0.1) is 6.54 Å². The molecule has 10 heteroatoms. The lowest BCUT2D eigenvalue weighted by Gasteiger charge is -2.46. The number of hydrogen-bond donors (Lipinski definition) is 3. The van der Waals surface area contributed by atoms with Gasteiger partial charge in [-0.15, -0.1) is 0 Å². The number of hydrogen-bond acceptors (Lipinski definition) is 7. The summed E-state index contributed by atoms with van der Waals surface area (Å²) < 4.78 is 1.61. The summed E-state index contributed by atoms with van der Waals surface area (Å²) in [6, 6.07) is 5.18. The van der Waals surface area contributed by atoms with E-state index in [1.165, 1.54) is 12.8 Å². The fourth-order valence-corrected chi connectivity index (χ4v) is 4.84. The number of nitrogens with one attached hydrogen (secondary N) is 2. The number of nitrogen functional groups attached to an aromatic ring is 1. The number of aromatic amines is 1. The Morgan fingerprint density at radius 2 is 2.14 bits per heavy atom. The highest BCUT2D eigenvalue weighted by Gasteiger charge is 2.33. The zero-order chi connectivity index (χ0) is 20.1. The standard InChI is InChI=1S/C19H25N8OP/c1-29(2)18-24-16(20)15-17(25-18)27(19(28)23-15)9-11-3-6-14(22-7-11)26-10-12-4-5-13(26)8-21-12/h3,6-7,12-13,21H,4-5,8-10H2,1-2H3,(H,23,28)(H2,20,24,25). The van der Waals surface area contributed by atoms with Crippen molar-refractivity contribution in [1.29, 1.82) is 0 Å². The number of imidazole rings is 1. The summed E-state index contributed by atoms with van der Waals surface area (Å²) in [5.74, 6) is 1.33. The largest absolute Gasteiger partial charge is 0.382 e. The summed E-state index contributed by atoms with van der Waals surface area (Å²) in [5.41, 5.74) is 8.51. The number of H-pyrrole nitrogens is 1. The zero-order valence-corrected chi connectivity index (χ0v) is 17.5. The minimum Gasteiger partial charge on any atom is -0.382 e. The van der Waals surface area contributed by atoms with E-state index in [2.05, 4.69) is 44.6 Å². The maximum Gasteiger partial charge on any atom is 0.328 e. The maximum atomic E-state index is 12.5. The van der Waals surface area contributed by atoms with Gasteiger partial charge in [0.2, 0.25) is 0 Å². The first-order valence-corrected chi connectivity index (χ1v) is 12.1. The lowest BCUT2D eigenvalue weighted by Crippen LogP contribution is -2.61. The van der Waals surface area contributed by atoms with E-state index in [0.717, 1.165) is 24.5 Å². The van der Waals surface area contributed by atoms with Crippen LogP contribution in [0.25, 0.3) is 11.2 Å². The molecule has 0 radical (unpaired) electrons. The topological polar surface area (TPSA) is 118 Å². The van der Waals surface area contributed by atoms with Crippen molar-refractivity contribution in [1.82, 2.24) is 29.8 Å². The molecule has 9 nitrogen and oxygen atoms in total. The van der Waals surface area contributed by atoms with Crippen LogP contribution in [0.5, 0.6) is 0 Å². The van der Waals surface area contributed by atoms with E-state index in [0.29, 0.717) is 41.2 Å². The van der Waals surface area contributed by atoms with Gasteiger partial charge in [0.25, 0.3) is 0 Å². The number of nitrogens with two attached hydrogens (primary N) is 1. The molecule has 3 aliphatic heterocycles. The first-order valence-electron chi connectivity index (χ1n) is 9.88. The fourth-order valence-electron chi connectivity index (χ4n) is 4.24. The number of nitrogens with zero attached hydrogens (tertiary/aromatic N) is 5. The second kappa shape index (κ2) is 7.07. The maximum absolute atomic E-state index is 12.5. The van der Waals surface area contributed by atoms with Crippen LogP contribution in [0.1, 0.15) is 18.4 Å². The molecule has 0 aliphatic carbocycles. The number of pyridine rings is 1. The van der Waals surface area contributed by atoms with Gasteiger partial charge in [0.1, 0.15) is 11.3 Å². The van der Waals surface area contributed by atoms with Crippen molar-refractivity contribution in [2.24, 2.45) is 0 Å². The lowest BCUT2D eigenvalue weighted by molar-refractivity contribution is 0.289. The van der Waals surface area contributed by atoms with Gasteiger partial charge in [0.15, 0.2) is 17.0 Å². The van der Waals surface area contributed by atoms with E-state index >= 15 is 0 Å². The van der Waals surface area contributed by atoms with Crippen molar-refractivity contribution < 1.29 is 0 Å². The fraction of sp³-hybridized carbons (Fsp3) is 0.474. The molecule has 2 unspecified atom stereocenters. The molecule has 0 saturated carbocycles. The molecule has 3 fully saturated rings. The smallest absolute Gasteiger partial charge is 0.328 e. The molecule has 3 aromatic rings. The average molecular weight is 412 g/mol. The lowest BCUT2D eigenvalue weighted by atomic mass is 9.93. The molecule has 29 heavy (non-hydrogen) atoms. The average Bonchev–Trinajstić information content (AvgIpc) is 3.05. The molecule has 3 aliphatic rings. The minimum absolute atomic E-state index is 0.238. The van der Waals surface area contributed by atoms with Gasteiger partial charge in [-0.05, 0) is 45.7 Å². The van der Waals surface area contributed by atoms with Gasteiger partial charge in [-0.25, -0.2) is 19.7 Å². The second-order valence-corrected chi connectivity index (χ2v) is 10.2. The van der Waals surface area contributed by atoms with E-state index in [4.69, 9.17) is 10.7 Å². The third kappa shape index (κ3) is 3.28. The molecular formula is C19H25N8OP. The third-order valence-corrected chi connectivity index (χ3v) is 6.83. The summed E-state index contributed by atoms with van der Waals surface area (Å²) >= 11 is 0. The predicted molar refractivity (Wildman–Crippen MR) is 116 cm³/mol. The monoisotopic (exact) mass is 412 g/mol. The van der Waals surface area contributed by atoms with Crippen LogP contribution in [-0.2, 0) is 6.54 Å². The summed E-state index contributed by atoms with van der Waals surface area (Å²) in [6.07, 6.45) is 4.31. The first kappa shape index (κ1) is 18.5. The van der Waals surface area contributed by atoms with Gasteiger partial charge >= 0.3 is 5.69 Å². The molecule has 4 N–H and O–H groups in total. The molecule has 0 aromatic carbocycles. The molecule has 3 aromatic heterocycles. The summed E-state index contributed by atoms with van der Waals surface area (Å²) in [7, 11) is -0.516. The predicted octanol–water partition coefficient (Wildman–Crippen LogP) is 0.453. The number of piperazine rings is 1. The number of anilines is 2. The first-order chi connectivity index (χ1) is 14.0. The summed E-state index contributed by atoms with van der Waals surface area (Å²) in [6.45, 7) is 6.56. The number of aromatic nitrogens is 5. The van der Waals surface area contributed by atoms with Gasteiger partial charge in [-0.3, -0.25) is 4.57 Å². The molecule has 6 rings (SSSR count). The molecule has 0 amide bonds. The van der Waals surface area contributed by atoms with Crippen molar-refractivity contribution in [2.45, 2.75) is 31.5 Å². The van der Waals surface area contributed by atoms with Crippen LogP contribution in [0.3, 0.4) is 0 Å². The second-order valence-electron chi connectivity index (χ2n) is 8.03. The molecule has 0 spiro atoms. The Bertz CT molecular complexity index is 1100. The number of piperidine rings is 2. The Morgan fingerprint density at radius 1 is 1.28 bits per heavy atom. The molecular weight excluding hydrogens is 387 g/mol. The number of rotatable bonds is 4. The van der Waals surface area contributed by atoms with E-state index in [-0.39, 0.29) is 5.69 Å². The SMILES string of the molecule is CP(C)c1nc(N)c2[nH]c(=O)n(Cc3ccc(N4CC5CCC4CN5)nc3)c2n1. The summed E-state index contributed by atoms with van der Waals surface area (Å²) in [4.78, 5) is 31.4. The van der Waals surface area contributed by atoms with Crippen LogP contribution in [-0.4, -0.2) is 63.0 Å².